The Morgan fingerprint density at radius 1 is 1.15 bits per heavy atom. The van der Waals surface area contributed by atoms with Crippen molar-refractivity contribution in [1.29, 1.82) is 0 Å². The molecule has 0 spiro atoms. The van der Waals surface area contributed by atoms with Gasteiger partial charge in [-0.15, -0.1) is 6.58 Å². The number of hydrogen-bond donors (Lipinski definition) is 0. The van der Waals surface area contributed by atoms with Crippen LogP contribution in [0.1, 0.15) is 5.56 Å². The van der Waals surface area contributed by atoms with E-state index in [1.54, 1.807) is 25.1 Å². The van der Waals surface area contributed by atoms with E-state index >= 15 is 0 Å². The summed E-state index contributed by atoms with van der Waals surface area (Å²) >= 11 is 0. The minimum Gasteiger partial charge on any atom is -0.379 e. The molecular weight excluding hydrogens is 376 g/mol. The molecule has 26 heavy (non-hydrogen) atoms. The molecule has 0 atom stereocenters. The van der Waals surface area contributed by atoms with Gasteiger partial charge in [0.05, 0.1) is 24.7 Å². The van der Waals surface area contributed by atoms with E-state index in [0.29, 0.717) is 19.8 Å². The molecule has 0 aliphatic carbocycles. The van der Waals surface area contributed by atoms with E-state index in [0.717, 1.165) is 23.0 Å². The molecular formula is C17H24N2O5S2. The molecule has 0 N–H and O–H groups in total. The average Bonchev–Trinajstić information content (AvgIpc) is 2.62. The molecule has 0 unspecified atom stereocenters. The van der Waals surface area contributed by atoms with E-state index in [1.807, 2.05) is 0 Å². The monoisotopic (exact) mass is 400 g/mol. The highest BCUT2D eigenvalue weighted by Gasteiger charge is 2.36. The van der Waals surface area contributed by atoms with Crippen molar-refractivity contribution >= 4 is 17.9 Å². The SMILES string of the molecule is C=CCN(/C=C/CN1CCOCC1)S(=O)(=O)S(=O)(=O)c1ccc(C)cc1. The Bertz CT molecular complexity index is 840. The van der Waals surface area contributed by atoms with Crippen molar-refractivity contribution in [3.8, 4) is 0 Å². The van der Waals surface area contributed by atoms with Gasteiger partial charge >= 0.3 is 9.06 Å². The van der Waals surface area contributed by atoms with Gasteiger partial charge < -0.3 is 4.74 Å². The molecule has 1 aliphatic rings. The van der Waals surface area contributed by atoms with Crippen LogP contribution in [0.25, 0.3) is 0 Å². The smallest absolute Gasteiger partial charge is 0.345 e. The van der Waals surface area contributed by atoms with Crippen LogP contribution in [-0.4, -0.2) is 65.4 Å². The summed E-state index contributed by atoms with van der Waals surface area (Å²) in [6.07, 6.45) is 4.27. The topological polar surface area (TPSA) is 84.0 Å². The number of benzene rings is 1. The summed E-state index contributed by atoms with van der Waals surface area (Å²) in [4.78, 5) is 1.84. The zero-order valence-corrected chi connectivity index (χ0v) is 16.4. The Hall–Kier alpha value is -1.68. The Kier molecular flexibility index (Phi) is 6.99. The van der Waals surface area contributed by atoms with Gasteiger partial charge in [-0.2, -0.15) is 8.42 Å². The van der Waals surface area contributed by atoms with E-state index in [4.69, 9.17) is 4.74 Å². The van der Waals surface area contributed by atoms with Gasteiger partial charge in [-0.05, 0) is 19.1 Å². The zero-order valence-electron chi connectivity index (χ0n) is 14.7. The van der Waals surface area contributed by atoms with Crippen LogP contribution in [0.4, 0.5) is 0 Å². The molecule has 0 bridgehead atoms. The number of hydrogen-bond acceptors (Lipinski definition) is 6. The molecule has 1 aliphatic heterocycles. The molecule has 9 heteroatoms. The molecule has 1 aromatic rings. The highest BCUT2D eigenvalue weighted by Crippen LogP contribution is 2.21. The second kappa shape index (κ2) is 8.81. The van der Waals surface area contributed by atoms with Crippen LogP contribution in [0, 0.1) is 6.92 Å². The van der Waals surface area contributed by atoms with Gasteiger partial charge in [-0.25, -0.2) is 8.42 Å². The summed E-state index contributed by atoms with van der Waals surface area (Å²) in [7, 11) is -9.19. The molecule has 0 aromatic heterocycles. The molecule has 0 radical (unpaired) electrons. The molecule has 0 saturated carbocycles. The van der Waals surface area contributed by atoms with Crippen LogP contribution in [-0.2, 0) is 22.7 Å². The summed E-state index contributed by atoms with van der Waals surface area (Å²) in [6.45, 7) is 8.45. The molecule has 0 amide bonds. The van der Waals surface area contributed by atoms with E-state index in [1.165, 1.54) is 24.4 Å². The molecule has 1 aromatic carbocycles. The van der Waals surface area contributed by atoms with Gasteiger partial charge in [0, 0.05) is 25.8 Å². The van der Waals surface area contributed by atoms with Crippen LogP contribution >= 0.6 is 0 Å². The summed E-state index contributed by atoms with van der Waals surface area (Å²) in [5, 5.41) is 0. The molecule has 144 valence electrons. The van der Waals surface area contributed by atoms with Crippen molar-refractivity contribution in [3.63, 3.8) is 0 Å². The number of nitrogens with zero attached hydrogens (tertiary/aromatic N) is 2. The van der Waals surface area contributed by atoms with E-state index in [-0.39, 0.29) is 11.4 Å². The number of rotatable bonds is 8. The fourth-order valence-electron chi connectivity index (χ4n) is 2.40. The lowest BCUT2D eigenvalue weighted by atomic mass is 10.2. The highest BCUT2D eigenvalue weighted by atomic mass is 33.2. The maximum Gasteiger partial charge on any atom is 0.345 e. The number of morpholine rings is 1. The lowest BCUT2D eigenvalue weighted by molar-refractivity contribution is 0.0433. The third kappa shape index (κ3) is 4.73. The minimum atomic E-state index is -4.63. The summed E-state index contributed by atoms with van der Waals surface area (Å²) in [5.74, 6) is 0. The van der Waals surface area contributed by atoms with Crippen molar-refractivity contribution in [1.82, 2.24) is 9.21 Å². The lowest BCUT2D eigenvalue weighted by Gasteiger charge is -2.25. The minimum absolute atomic E-state index is 0.132. The zero-order chi connectivity index (χ0) is 19.2. The van der Waals surface area contributed by atoms with E-state index in [2.05, 4.69) is 11.5 Å². The molecule has 1 fully saturated rings. The van der Waals surface area contributed by atoms with Crippen molar-refractivity contribution in [2.24, 2.45) is 0 Å². The summed E-state index contributed by atoms with van der Waals surface area (Å²) in [6, 6.07) is 5.72. The fourth-order valence-corrected chi connectivity index (χ4v) is 6.04. The third-order valence-corrected chi connectivity index (χ3v) is 8.99. The molecule has 7 nitrogen and oxygen atoms in total. The summed E-state index contributed by atoms with van der Waals surface area (Å²) < 4.78 is 56.7. The third-order valence-electron chi connectivity index (χ3n) is 3.92. The molecule has 2 rings (SSSR count). The Morgan fingerprint density at radius 3 is 2.35 bits per heavy atom. The first-order valence-electron chi connectivity index (χ1n) is 8.20. The van der Waals surface area contributed by atoms with Gasteiger partial charge in [-0.3, -0.25) is 9.21 Å². The van der Waals surface area contributed by atoms with Crippen molar-refractivity contribution in [3.05, 3.63) is 54.8 Å². The number of ether oxygens (including phenoxy) is 1. The second-order valence-corrected chi connectivity index (χ2v) is 11.2. The molecule has 1 heterocycles. The van der Waals surface area contributed by atoms with Gasteiger partial charge in [0.15, 0.2) is 0 Å². The van der Waals surface area contributed by atoms with Crippen molar-refractivity contribution < 1.29 is 21.6 Å². The van der Waals surface area contributed by atoms with Crippen LogP contribution in [0.5, 0.6) is 0 Å². The van der Waals surface area contributed by atoms with E-state index < -0.39 is 17.9 Å². The van der Waals surface area contributed by atoms with Crippen LogP contribution < -0.4 is 0 Å². The molecule has 1 saturated heterocycles. The predicted molar refractivity (Wildman–Crippen MR) is 101 cm³/mol. The van der Waals surface area contributed by atoms with Crippen molar-refractivity contribution in [2.75, 3.05) is 39.4 Å². The standard InChI is InChI=1S/C17H24N2O5S2/c1-3-9-19(11-4-10-18-12-14-24-15-13-18)26(22,23)25(20,21)17-7-5-16(2)6-8-17/h3-8,11H,1,9-10,12-15H2,2H3/b11-4+. The highest BCUT2D eigenvalue weighted by molar-refractivity contribution is 8.66. The average molecular weight is 401 g/mol. The summed E-state index contributed by atoms with van der Waals surface area (Å²) in [5.41, 5.74) is 0.842. The fraction of sp³-hybridized carbons (Fsp3) is 0.412. The van der Waals surface area contributed by atoms with E-state index in [9.17, 15) is 16.8 Å². The first-order valence-corrected chi connectivity index (χ1v) is 11.6. The lowest BCUT2D eigenvalue weighted by Crippen LogP contribution is -2.37. The Labute approximate surface area is 154 Å². The maximum absolute atomic E-state index is 12.7. The number of aryl methyl sites for hydroxylation is 1. The van der Waals surface area contributed by atoms with Gasteiger partial charge in [0.25, 0.3) is 8.87 Å². The Balaban J connectivity index is 2.22. The Morgan fingerprint density at radius 2 is 1.77 bits per heavy atom. The van der Waals surface area contributed by atoms with Gasteiger partial charge in [-0.1, -0.05) is 29.8 Å². The predicted octanol–water partition coefficient (Wildman–Crippen LogP) is 1.35. The van der Waals surface area contributed by atoms with Gasteiger partial charge in [0.2, 0.25) is 0 Å². The second-order valence-electron chi connectivity index (χ2n) is 5.88. The first kappa shape index (κ1) is 20.6. The van der Waals surface area contributed by atoms with Crippen LogP contribution in [0.3, 0.4) is 0 Å². The van der Waals surface area contributed by atoms with Crippen LogP contribution in [0.15, 0.2) is 54.1 Å². The first-order chi connectivity index (χ1) is 12.3. The largest absolute Gasteiger partial charge is 0.379 e. The van der Waals surface area contributed by atoms with Gasteiger partial charge in [0.1, 0.15) is 0 Å². The van der Waals surface area contributed by atoms with Crippen LogP contribution in [0.2, 0.25) is 0 Å². The van der Waals surface area contributed by atoms with Crippen molar-refractivity contribution in [2.45, 2.75) is 11.8 Å². The normalized spacial score (nSPS) is 16.7. The maximum atomic E-state index is 12.7. The quantitative estimate of drug-likeness (QED) is 0.484.